The van der Waals surface area contributed by atoms with Gasteiger partial charge in [-0.2, -0.15) is 5.10 Å². The van der Waals surface area contributed by atoms with E-state index in [9.17, 15) is 13.2 Å². The van der Waals surface area contributed by atoms with Crippen LogP contribution in [0.15, 0.2) is 54.6 Å². The Morgan fingerprint density at radius 3 is 2.50 bits per heavy atom. The first-order chi connectivity index (χ1) is 13.3. The first-order valence-electron chi connectivity index (χ1n) is 8.35. The number of aromatic nitrogens is 3. The predicted octanol–water partition coefficient (Wildman–Crippen LogP) is 2.80. The Kier molecular flexibility index (Phi) is 5.55. The Morgan fingerprint density at radius 1 is 1.11 bits per heavy atom. The van der Waals surface area contributed by atoms with Crippen LogP contribution in [-0.4, -0.2) is 35.8 Å². The minimum Gasteiger partial charge on any atom is -0.322 e. The largest absolute Gasteiger partial charge is 0.322 e. The lowest BCUT2D eigenvalue weighted by Crippen LogP contribution is -2.09. The number of amides is 1. The molecule has 144 valence electrons. The molecule has 0 aliphatic rings. The molecule has 0 fully saturated rings. The van der Waals surface area contributed by atoms with Gasteiger partial charge in [-0.3, -0.25) is 14.6 Å². The Morgan fingerprint density at radius 2 is 1.86 bits per heavy atom. The van der Waals surface area contributed by atoms with Gasteiger partial charge in [0.25, 0.3) is 0 Å². The zero-order valence-electron chi connectivity index (χ0n) is 15.3. The van der Waals surface area contributed by atoms with Crippen molar-refractivity contribution < 1.29 is 13.2 Å². The van der Waals surface area contributed by atoms with Crippen LogP contribution in [0.2, 0.25) is 0 Å². The second-order valence-corrected chi connectivity index (χ2v) is 7.89. The maximum Gasteiger partial charge on any atom is 0.248 e. The van der Waals surface area contributed by atoms with Gasteiger partial charge in [0.05, 0.1) is 6.26 Å². The maximum atomic E-state index is 12.2. The summed E-state index contributed by atoms with van der Waals surface area (Å²) in [5.41, 5.74) is 2.64. The van der Waals surface area contributed by atoms with Gasteiger partial charge >= 0.3 is 0 Å². The molecular formula is C19H19N5O3S. The molecule has 0 atom stereocenters. The normalized spacial score (nSPS) is 11.5. The minimum atomic E-state index is -3.32. The summed E-state index contributed by atoms with van der Waals surface area (Å²) in [6.45, 7) is 1.82. The molecule has 0 saturated heterocycles. The minimum absolute atomic E-state index is 0.290. The number of carbonyl (C=O) groups excluding carboxylic acids is 1. The molecule has 0 spiro atoms. The fourth-order valence-electron chi connectivity index (χ4n) is 2.44. The van der Waals surface area contributed by atoms with Gasteiger partial charge in [0.2, 0.25) is 15.9 Å². The number of hydrogen-bond donors (Lipinski definition) is 3. The predicted molar refractivity (Wildman–Crippen MR) is 109 cm³/mol. The van der Waals surface area contributed by atoms with Crippen LogP contribution in [0.4, 0.5) is 11.4 Å². The molecule has 0 aliphatic carbocycles. The van der Waals surface area contributed by atoms with Crippen LogP contribution < -0.4 is 10.0 Å². The fourth-order valence-corrected chi connectivity index (χ4v) is 3.00. The molecule has 0 unspecified atom stereocenters. The molecule has 0 bridgehead atoms. The highest BCUT2D eigenvalue weighted by atomic mass is 32.2. The zero-order chi connectivity index (χ0) is 20.1. The number of benzene rings is 2. The zero-order valence-corrected chi connectivity index (χ0v) is 16.1. The molecule has 1 heterocycles. The molecular weight excluding hydrogens is 378 g/mol. The summed E-state index contributed by atoms with van der Waals surface area (Å²) in [5.74, 6) is 0.985. The lowest BCUT2D eigenvalue weighted by molar-refractivity contribution is -0.111. The molecule has 9 heteroatoms. The van der Waals surface area contributed by atoms with Crippen molar-refractivity contribution in [1.29, 1.82) is 0 Å². The lowest BCUT2D eigenvalue weighted by Gasteiger charge is -2.04. The van der Waals surface area contributed by atoms with Crippen LogP contribution in [0.3, 0.4) is 0 Å². The summed E-state index contributed by atoms with van der Waals surface area (Å²) in [5, 5.41) is 9.68. The third-order valence-corrected chi connectivity index (χ3v) is 4.23. The Hall–Kier alpha value is -3.46. The molecule has 0 aliphatic heterocycles. The lowest BCUT2D eigenvalue weighted by atomic mass is 10.2. The van der Waals surface area contributed by atoms with Crippen LogP contribution >= 0.6 is 0 Å². The number of anilines is 2. The molecule has 0 radical (unpaired) electrons. The van der Waals surface area contributed by atoms with Gasteiger partial charge in [-0.05, 0) is 42.8 Å². The van der Waals surface area contributed by atoms with Crippen molar-refractivity contribution in [3.63, 3.8) is 0 Å². The second-order valence-electron chi connectivity index (χ2n) is 6.14. The van der Waals surface area contributed by atoms with E-state index >= 15 is 0 Å². The maximum absolute atomic E-state index is 12.2. The highest BCUT2D eigenvalue weighted by molar-refractivity contribution is 7.92. The number of rotatable bonds is 6. The third kappa shape index (κ3) is 5.52. The quantitative estimate of drug-likeness (QED) is 0.553. The summed E-state index contributed by atoms with van der Waals surface area (Å²) in [6.07, 6.45) is 4.13. The molecule has 8 nitrogen and oxygen atoms in total. The van der Waals surface area contributed by atoms with Crippen molar-refractivity contribution in [2.24, 2.45) is 0 Å². The van der Waals surface area contributed by atoms with E-state index in [1.165, 1.54) is 6.08 Å². The molecule has 1 amide bonds. The summed E-state index contributed by atoms with van der Waals surface area (Å²) >= 11 is 0. The highest BCUT2D eigenvalue weighted by Crippen LogP contribution is 2.19. The number of nitrogens with zero attached hydrogens (tertiary/aromatic N) is 2. The van der Waals surface area contributed by atoms with Gasteiger partial charge in [-0.25, -0.2) is 13.4 Å². The standard InChI is InChI=1S/C19H19N5O3S/c1-13-20-19(23-22-13)15-4-3-5-17(12-15)21-18(25)11-8-14-6-9-16(10-7-14)24-28(2,26)27/h3-12,24H,1-2H3,(H,21,25)(H,20,22,23)/b11-8+. The van der Waals surface area contributed by atoms with Gasteiger partial charge in [-0.1, -0.05) is 24.3 Å². The van der Waals surface area contributed by atoms with Gasteiger partial charge in [0, 0.05) is 23.0 Å². The molecule has 1 aromatic heterocycles. The number of aryl methyl sites for hydroxylation is 1. The van der Waals surface area contributed by atoms with Crippen molar-refractivity contribution in [1.82, 2.24) is 15.2 Å². The van der Waals surface area contributed by atoms with Gasteiger partial charge in [0.15, 0.2) is 5.82 Å². The molecule has 28 heavy (non-hydrogen) atoms. The number of carbonyl (C=O) groups is 1. The van der Waals surface area contributed by atoms with Crippen LogP contribution in [0, 0.1) is 6.92 Å². The Bertz CT molecular complexity index is 1120. The highest BCUT2D eigenvalue weighted by Gasteiger charge is 2.06. The van der Waals surface area contributed by atoms with Crippen molar-refractivity contribution in [2.45, 2.75) is 6.92 Å². The molecule has 0 saturated carbocycles. The van der Waals surface area contributed by atoms with Crippen LogP contribution in [0.5, 0.6) is 0 Å². The first-order valence-corrected chi connectivity index (χ1v) is 10.2. The topological polar surface area (TPSA) is 117 Å². The number of H-pyrrole nitrogens is 1. The van der Waals surface area contributed by atoms with E-state index in [-0.39, 0.29) is 5.91 Å². The van der Waals surface area contributed by atoms with E-state index in [2.05, 4.69) is 25.2 Å². The smallest absolute Gasteiger partial charge is 0.248 e. The van der Waals surface area contributed by atoms with E-state index in [1.807, 2.05) is 19.1 Å². The first kappa shape index (κ1) is 19.3. The molecule has 2 aromatic carbocycles. The summed E-state index contributed by atoms with van der Waals surface area (Å²) in [6, 6.07) is 13.9. The Labute approximate surface area is 162 Å². The molecule has 3 aromatic rings. The number of sulfonamides is 1. The average molecular weight is 397 g/mol. The van der Waals surface area contributed by atoms with Crippen molar-refractivity contribution in [3.05, 3.63) is 66.0 Å². The van der Waals surface area contributed by atoms with Gasteiger partial charge in [0.1, 0.15) is 5.82 Å². The van der Waals surface area contributed by atoms with Crippen LogP contribution in [0.25, 0.3) is 17.5 Å². The summed E-state index contributed by atoms with van der Waals surface area (Å²) in [7, 11) is -3.32. The average Bonchev–Trinajstić information content (AvgIpc) is 3.07. The second kappa shape index (κ2) is 8.05. The summed E-state index contributed by atoms with van der Waals surface area (Å²) < 4.78 is 24.8. The van der Waals surface area contributed by atoms with Crippen molar-refractivity contribution in [2.75, 3.05) is 16.3 Å². The summed E-state index contributed by atoms with van der Waals surface area (Å²) in [4.78, 5) is 16.4. The van der Waals surface area contributed by atoms with Crippen LogP contribution in [-0.2, 0) is 14.8 Å². The van der Waals surface area contributed by atoms with E-state index in [0.717, 1.165) is 17.4 Å². The van der Waals surface area contributed by atoms with Gasteiger partial charge < -0.3 is 5.32 Å². The van der Waals surface area contributed by atoms with Gasteiger partial charge in [-0.15, -0.1) is 0 Å². The SMILES string of the molecule is Cc1nc(-c2cccc(NC(=O)/C=C/c3ccc(NS(C)(=O)=O)cc3)c2)n[nH]1. The van der Waals surface area contributed by atoms with Crippen LogP contribution in [0.1, 0.15) is 11.4 Å². The van der Waals surface area contributed by atoms with E-state index in [4.69, 9.17) is 0 Å². The monoisotopic (exact) mass is 397 g/mol. The molecule has 3 rings (SSSR count). The Balaban J connectivity index is 1.64. The number of nitrogens with one attached hydrogen (secondary N) is 3. The fraction of sp³-hybridized carbons (Fsp3) is 0.105. The van der Waals surface area contributed by atoms with Crippen molar-refractivity contribution >= 4 is 33.4 Å². The molecule has 3 N–H and O–H groups in total. The van der Waals surface area contributed by atoms with E-state index in [0.29, 0.717) is 23.0 Å². The van der Waals surface area contributed by atoms with Crippen molar-refractivity contribution in [3.8, 4) is 11.4 Å². The third-order valence-electron chi connectivity index (χ3n) is 3.63. The number of hydrogen-bond acceptors (Lipinski definition) is 5. The van der Waals surface area contributed by atoms with E-state index < -0.39 is 10.0 Å². The number of aromatic amines is 1. The van der Waals surface area contributed by atoms with E-state index in [1.54, 1.807) is 42.5 Å².